The number of carbonyl (C=O) groups excluding carboxylic acids is 1. The van der Waals surface area contributed by atoms with Crippen molar-refractivity contribution in [3.8, 4) is 5.75 Å². The van der Waals surface area contributed by atoms with Crippen molar-refractivity contribution in [1.29, 1.82) is 0 Å². The number of benzene rings is 2. The lowest BCUT2D eigenvalue weighted by molar-refractivity contribution is -0.155. The Morgan fingerprint density at radius 3 is 2.50 bits per heavy atom. The minimum Gasteiger partial charge on any atom is -0.489 e. The monoisotopic (exact) mass is 360 g/mol. The molecule has 0 saturated carbocycles. The fourth-order valence-corrected chi connectivity index (χ4v) is 2.28. The molecule has 1 unspecified atom stereocenters. The standard InChI is InChI=1S/C21H25FO4/c1-21(2,3)20(24)26-14-18(23)12-16-11-17(22)9-10-19(16)25-13-15-7-5-4-6-8-15/h4-11,18,23H,12-14H2,1-3H3. The lowest BCUT2D eigenvalue weighted by Gasteiger charge is -2.19. The first kappa shape index (κ1) is 19.9. The summed E-state index contributed by atoms with van der Waals surface area (Å²) in [6, 6.07) is 13.8. The summed E-state index contributed by atoms with van der Waals surface area (Å²) in [4.78, 5) is 11.8. The van der Waals surface area contributed by atoms with Gasteiger partial charge in [0, 0.05) is 6.42 Å². The third-order valence-corrected chi connectivity index (χ3v) is 3.73. The van der Waals surface area contributed by atoms with Crippen LogP contribution in [0.4, 0.5) is 4.39 Å². The maximum atomic E-state index is 13.6. The van der Waals surface area contributed by atoms with Gasteiger partial charge in [-0.2, -0.15) is 0 Å². The van der Waals surface area contributed by atoms with Crippen molar-refractivity contribution in [1.82, 2.24) is 0 Å². The Bertz CT molecular complexity index is 723. The van der Waals surface area contributed by atoms with Crippen molar-refractivity contribution < 1.29 is 23.8 Å². The molecule has 0 amide bonds. The van der Waals surface area contributed by atoms with Gasteiger partial charge < -0.3 is 14.6 Å². The molecular weight excluding hydrogens is 335 g/mol. The van der Waals surface area contributed by atoms with E-state index in [2.05, 4.69) is 0 Å². The van der Waals surface area contributed by atoms with E-state index in [-0.39, 0.29) is 13.0 Å². The van der Waals surface area contributed by atoms with E-state index in [0.29, 0.717) is 17.9 Å². The molecule has 0 aliphatic carbocycles. The van der Waals surface area contributed by atoms with E-state index in [4.69, 9.17) is 9.47 Å². The van der Waals surface area contributed by atoms with Crippen LogP contribution in [-0.2, 0) is 22.6 Å². The van der Waals surface area contributed by atoms with Crippen LogP contribution in [0.5, 0.6) is 5.75 Å². The highest BCUT2D eigenvalue weighted by atomic mass is 19.1. The number of rotatable bonds is 7. The summed E-state index contributed by atoms with van der Waals surface area (Å²) in [5.41, 5.74) is 0.880. The predicted octanol–water partition coefficient (Wildman–Crippen LogP) is 3.90. The molecule has 2 aromatic rings. The highest BCUT2D eigenvalue weighted by Crippen LogP contribution is 2.23. The Balaban J connectivity index is 1.99. The molecule has 0 saturated heterocycles. The van der Waals surface area contributed by atoms with Crippen molar-refractivity contribution >= 4 is 5.97 Å². The summed E-state index contributed by atoms with van der Waals surface area (Å²) in [5.74, 6) is -0.307. The first-order chi connectivity index (χ1) is 12.3. The summed E-state index contributed by atoms with van der Waals surface area (Å²) in [7, 11) is 0. The molecule has 0 radical (unpaired) electrons. The molecule has 1 N–H and O–H groups in total. The molecule has 0 bridgehead atoms. The van der Waals surface area contributed by atoms with E-state index >= 15 is 0 Å². The zero-order valence-corrected chi connectivity index (χ0v) is 15.4. The predicted molar refractivity (Wildman–Crippen MR) is 97.3 cm³/mol. The number of halogens is 1. The zero-order valence-electron chi connectivity index (χ0n) is 15.4. The Labute approximate surface area is 153 Å². The van der Waals surface area contributed by atoms with E-state index in [1.165, 1.54) is 12.1 Å². The molecule has 26 heavy (non-hydrogen) atoms. The van der Waals surface area contributed by atoms with Crippen LogP contribution < -0.4 is 4.74 Å². The second kappa shape index (κ2) is 8.81. The second-order valence-electron chi connectivity index (χ2n) is 7.23. The van der Waals surface area contributed by atoms with Crippen LogP contribution in [0.3, 0.4) is 0 Å². The van der Waals surface area contributed by atoms with Crippen LogP contribution in [0.2, 0.25) is 0 Å². The van der Waals surface area contributed by atoms with Gasteiger partial charge in [-0.15, -0.1) is 0 Å². The Morgan fingerprint density at radius 2 is 1.85 bits per heavy atom. The number of hydrogen-bond acceptors (Lipinski definition) is 4. The number of esters is 1. The number of aliphatic hydroxyl groups excluding tert-OH is 1. The van der Waals surface area contributed by atoms with Gasteiger partial charge in [0.05, 0.1) is 11.5 Å². The third-order valence-electron chi connectivity index (χ3n) is 3.73. The molecule has 140 valence electrons. The van der Waals surface area contributed by atoms with E-state index in [1.807, 2.05) is 30.3 Å². The van der Waals surface area contributed by atoms with Crippen molar-refractivity contribution in [2.45, 2.75) is 39.9 Å². The van der Waals surface area contributed by atoms with Gasteiger partial charge in [-0.05, 0) is 50.1 Å². The topological polar surface area (TPSA) is 55.8 Å². The van der Waals surface area contributed by atoms with Crippen molar-refractivity contribution in [2.75, 3.05) is 6.61 Å². The normalized spacial score (nSPS) is 12.5. The van der Waals surface area contributed by atoms with Crippen LogP contribution >= 0.6 is 0 Å². The van der Waals surface area contributed by atoms with Gasteiger partial charge in [0.1, 0.15) is 24.8 Å². The average molecular weight is 360 g/mol. The smallest absolute Gasteiger partial charge is 0.311 e. The van der Waals surface area contributed by atoms with Crippen molar-refractivity contribution in [3.05, 3.63) is 65.5 Å². The molecule has 0 heterocycles. The Hall–Kier alpha value is -2.40. The molecule has 0 spiro atoms. The Morgan fingerprint density at radius 1 is 1.15 bits per heavy atom. The summed E-state index contributed by atoms with van der Waals surface area (Å²) in [5, 5.41) is 10.2. The fraction of sp³-hybridized carbons (Fsp3) is 0.381. The van der Waals surface area contributed by atoms with Crippen molar-refractivity contribution in [2.24, 2.45) is 5.41 Å². The van der Waals surface area contributed by atoms with Gasteiger partial charge in [-0.1, -0.05) is 30.3 Å². The van der Waals surface area contributed by atoms with E-state index in [9.17, 15) is 14.3 Å². The number of aliphatic hydroxyl groups is 1. The van der Waals surface area contributed by atoms with Crippen LogP contribution in [0.25, 0.3) is 0 Å². The van der Waals surface area contributed by atoms with Crippen LogP contribution in [0.1, 0.15) is 31.9 Å². The van der Waals surface area contributed by atoms with Gasteiger partial charge in [-0.3, -0.25) is 4.79 Å². The molecule has 0 aliphatic heterocycles. The summed E-state index contributed by atoms with van der Waals surface area (Å²) in [6.45, 7) is 5.41. The molecule has 1 atom stereocenters. The maximum absolute atomic E-state index is 13.6. The molecular formula is C21H25FO4. The van der Waals surface area contributed by atoms with Gasteiger partial charge in [-0.25, -0.2) is 4.39 Å². The molecule has 4 nitrogen and oxygen atoms in total. The Kier molecular flexibility index (Phi) is 6.75. The lowest BCUT2D eigenvalue weighted by Crippen LogP contribution is -2.28. The minimum absolute atomic E-state index is 0.124. The molecule has 2 aromatic carbocycles. The number of hydrogen-bond donors (Lipinski definition) is 1. The first-order valence-corrected chi connectivity index (χ1v) is 8.56. The van der Waals surface area contributed by atoms with Crippen LogP contribution in [0.15, 0.2) is 48.5 Å². The quantitative estimate of drug-likeness (QED) is 0.761. The highest BCUT2D eigenvalue weighted by Gasteiger charge is 2.24. The first-order valence-electron chi connectivity index (χ1n) is 8.56. The maximum Gasteiger partial charge on any atom is 0.311 e. The van der Waals surface area contributed by atoms with Crippen molar-refractivity contribution in [3.63, 3.8) is 0 Å². The largest absolute Gasteiger partial charge is 0.489 e. The van der Waals surface area contributed by atoms with Gasteiger partial charge in [0.2, 0.25) is 0 Å². The van der Waals surface area contributed by atoms with Gasteiger partial charge in [0.25, 0.3) is 0 Å². The molecule has 0 fully saturated rings. The van der Waals surface area contributed by atoms with Gasteiger partial charge >= 0.3 is 5.97 Å². The van der Waals surface area contributed by atoms with Crippen LogP contribution in [0, 0.1) is 11.2 Å². The van der Waals surface area contributed by atoms with Crippen LogP contribution in [-0.4, -0.2) is 23.8 Å². The molecule has 0 aromatic heterocycles. The minimum atomic E-state index is -0.942. The SMILES string of the molecule is CC(C)(C)C(=O)OCC(O)Cc1cc(F)ccc1OCc1ccccc1. The highest BCUT2D eigenvalue weighted by molar-refractivity contribution is 5.75. The molecule has 2 rings (SSSR count). The second-order valence-corrected chi connectivity index (χ2v) is 7.23. The number of ether oxygens (including phenoxy) is 2. The number of carbonyl (C=O) groups is 1. The summed E-state index contributed by atoms with van der Waals surface area (Å²) < 4.78 is 24.5. The summed E-state index contributed by atoms with van der Waals surface area (Å²) in [6.07, 6.45) is -0.818. The lowest BCUT2D eigenvalue weighted by atomic mass is 9.97. The molecule has 5 heteroatoms. The van der Waals surface area contributed by atoms with Gasteiger partial charge in [0.15, 0.2) is 0 Å². The fourth-order valence-electron chi connectivity index (χ4n) is 2.28. The molecule has 0 aliphatic rings. The van der Waals surface area contributed by atoms with E-state index in [0.717, 1.165) is 5.56 Å². The average Bonchev–Trinajstić information content (AvgIpc) is 2.59. The third kappa shape index (κ3) is 6.15. The van der Waals surface area contributed by atoms with E-state index < -0.39 is 23.3 Å². The van der Waals surface area contributed by atoms with E-state index in [1.54, 1.807) is 26.8 Å². The summed E-state index contributed by atoms with van der Waals surface area (Å²) >= 11 is 0. The zero-order chi connectivity index (χ0) is 19.2.